The molecule has 2 aromatic rings. The van der Waals surface area contributed by atoms with Crippen LogP contribution in [0, 0.1) is 0 Å². The molecule has 0 heteroatoms. The summed E-state index contributed by atoms with van der Waals surface area (Å²) >= 11 is 0. The molecule has 0 N–H and O–H groups in total. The van der Waals surface area contributed by atoms with E-state index >= 15 is 0 Å². The van der Waals surface area contributed by atoms with Gasteiger partial charge < -0.3 is 0 Å². The predicted octanol–water partition coefficient (Wildman–Crippen LogP) is 6.29. The maximum Gasteiger partial charge on any atom is -0.00105 e. The summed E-state index contributed by atoms with van der Waals surface area (Å²) in [5.74, 6) is 0. The molecule has 0 heterocycles. The normalized spacial score (nSPS) is 12.3. The lowest BCUT2D eigenvalue weighted by Gasteiger charge is -2.23. The number of rotatable bonds is 6. The zero-order valence-electron chi connectivity index (χ0n) is 15.3. The molecule has 0 bridgehead atoms. The van der Waals surface area contributed by atoms with Gasteiger partial charge in [-0.25, -0.2) is 0 Å². The van der Waals surface area contributed by atoms with Crippen molar-refractivity contribution in [3.63, 3.8) is 0 Å². The van der Waals surface area contributed by atoms with Crippen molar-refractivity contribution in [2.75, 3.05) is 0 Å². The molecule has 0 fully saturated rings. The third kappa shape index (κ3) is 2.63. The van der Waals surface area contributed by atoms with Crippen molar-refractivity contribution in [1.29, 1.82) is 0 Å². The number of hydrogen-bond donors (Lipinski definition) is 0. The van der Waals surface area contributed by atoms with Gasteiger partial charge in [-0.15, -0.1) is 0 Å². The summed E-state index contributed by atoms with van der Waals surface area (Å²) in [6, 6.07) is 9.08. The molecule has 1 aliphatic rings. The molecule has 0 unspecified atom stereocenters. The molecule has 2 aromatic carbocycles. The highest BCUT2D eigenvalue weighted by Crippen LogP contribution is 2.44. The van der Waals surface area contributed by atoms with Gasteiger partial charge in [-0.1, -0.05) is 58.4 Å². The van der Waals surface area contributed by atoms with Gasteiger partial charge >= 0.3 is 0 Å². The van der Waals surface area contributed by atoms with Crippen LogP contribution in [0.15, 0.2) is 24.3 Å². The van der Waals surface area contributed by atoms with Crippen LogP contribution in [0.5, 0.6) is 0 Å². The molecule has 0 saturated heterocycles. The van der Waals surface area contributed by atoms with Gasteiger partial charge in [0.25, 0.3) is 0 Å². The molecule has 0 nitrogen and oxygen atoms in total. The van der Waals surface area contributed by atoms with Crippen LogP contribution >= 0.6 is 0 Å². The van der Waals surface area contributed by atoms with E-state index in [9.17, 15) is 0 Å². The molecular formula is C23H30. The van der Waals surface area contributed by atoms with Crippen LogP contribution < -0.4 is 0 Å². The van der Waals surface area contributed by atoms with E-state index in [4.69, 9.17) is 0 Å². The van der Waals surface area contributed by atoms with Crippen LogP contribution in [0.1, 0.15) is 73.9 Å². The third-order valence-electron chi connectivity index (χ3n) is 5.56. The first kappa shape index (κ1) is 16.3. The minimum atomic E-state index is 1.15. The first-order valence-electron chi connectivity index (χ1n) is 9.53. The Morgan fingerprint density at radius 3 is 2.09 bits per heavy atom. The summed E-state index contributed by atoms with van der Waals surface area (Å²) in [4.78, 5) is 0. The zero-order chi connectivity index (χ0) is 16.4. The predicted molar refractivity (Wildman–Crippen MR) is 101 cm³/mol. The highest BCUT2D eigenvalue weighted by Gasteiger charge is 2.27. The number of unbranched alkanes of at least 4 members (excludes halogenated alkanes) is 1. The van der Waals surface area contributed by atoms with E-state index in [-0.39, 0.29) is 0 Å². The summed E-state index contributed by atoms with van der Waals surface area (Å²) in [6.07, 6.45) is 8.49. The van der Waals surface area contributed by atoms with Gasteiger partial charge in [0, 0.05) is 0 Å². The maximum atomic E-state index is 2.35. The van der Waals surface area contributed by atoms with Crippen LogP contribution in [0.2, 0.25) is 0 Å². The highest BCUT2D eigenvalue weighted by molar-refractivity contribution is 5.82. The average Bonchev–Trinajstić information content (AvgIpc) is 2.97. The fourth-order valence-corrected chi connectivity index (χ4v) is 4.56. The quantitative estimate of drug-likeness (QED) is 0.502. The summed E-state index contributed by atoms with van der Waals surface area (Å²) in [7, 11) is 0. The first-order chi connectivity index (χ1) is 11.3. The zero-order valence-corrected chi connectivity index (χ0v) is 15.3. The van der Waals surface area contributed by atoms with Gasteiger partial charge in [0.05, 0.1) is 0 Å². The highest BCUT2D eigenvalue weighted by atomic mass is 14.3. The Bertz CT molecular complexity index is 706. The van der Waals surface area contributed by atoms with E-state index in [1.807, 2.05) is 0 Å². The Labute approximate surface area is 141 Å². The van der Waals surface area contributed by atoms with E-state index in [2.05, 4.69) is 52.0 Å². The van der Waals surface area contributed by atoms with Gasteiger partial charge in [-0.3, -0.25) is 0 Å². The lowest BCUT2D eigenvalue weighted by atomic mass is 9.82. The largest absolute Gasteiger partial charge is 0.0654 e. The van der Waals surface area contributed by atoms with Crippen molar-refractivity contribution in [2.24, 2.45) is 0 Å². The topological polar surface area (TPSA) is 0 Å². The van der Waals surface area contributed by atoms with Crippen molar-refractivity contribution in [3.05, 3.63) is 57.6 Å². The Morgan fingerprint density at radius 1 is 0.783 bits per heavy atom. The summed E-state index contributed by atoms with van der Waals surface area (Å²) in [5.41, 5.74) is 12.9. The molecule has 0 aliphatic heterocycles. The molecule has 0 spiro atoms. The third-order valence-corrected chi connectivity index (χ3v) is 5.56. The second-order valence-corrected chi connectivity index (χ2v) is 6.77. The van der Waals surface area contributed by atoms with Gasteiger partial charge in [0.15, 0.2) is 0 Å². The van der Waals surface area contributed by atoms with E-state index in [1.54, 1.807) is 33.4 Å². The second kappa shape index (κ2) is 6.91. The van der Waals surface area contributed by atoms with Gasteiger partial charge in [0.2, 0.25) is 0 Å². The lowest BCUT2D eigenvalue weighted by molar-refractivity contribution is 0.776. The summed E-state index contributed by atoms with van der Waals surface area (Å²) in [5, 5.41) is 0. The van der Waals surface area contributed by atoms with Crippen LogP contribution in [0.3, 0.4) is 0 Å². The molecule has 0 amide bonds. The van der Waals surface area contributed by atoms with E-state index < -0.39 is 0 Å². The van der Waals surface area contributed by atoms with Crippen molar-refractivity contribution < 1.29 is 0 Å². The number of fused-ring (bicyclic) bond motifs is 3. The maximum absolute atomic E-state index is 2.35. The molecule has 23 heavy (non-hydrogen) atoms. The van der Waals surface area contributed by atoms with E-state index in [0.717, 1.165) is 12.8 Å². The van der Waals surface area contributed by atoms with Crippen molar-refractivity contribution >= 4 is 0 Å². The Kier molecular flexibility index (Phi) is 4.90. The van der Waals surface area contributed by atoms with Crippen LogP contribution in [0.4, 0.5) is 0 Å². The van der Waals surface area contributed by atoms with Gasteiger partial charge in [-0.05, 0) is 83.0 Å². The lowest BCUT2D eigenvalue weighted by Crippen LogP contribution is -2.08. The van der Waals surface area contributed by atoms with Gasteiger partial charge in [0.1, 0.15) is 0 Å². The minimum absolute atomic E-state index is 1.15. The van der Waals surface area contributed by atoms with Crippen LogP contribution in [-0.2, 0) is 32.1 Å². The second-order valence-electron chi connectivity index (χ2n) is 6.77. The Balaban J connectivity index is 2.31. The smallest absolute Gasteiger partial charge is 0.00105 e. The molecular weight excluding hydrogens is 276 g/mol. The van der Waals surface area contributed by atoms with Crippen molar-refractivity contribution in [3.8, 4) is 11.1 Å². The molecule has 1 aliphatic carbocycles. The van der Waals surface area contributed by atoms with Crippen LogP contribution in [-0.4, -0.2) is 0 Å². The van der Waals surface area contributed by atoms with Crippen molar-refractivity contribution in [1.82, 2.24) is 0 Å². The Morgan fingerprint density at radius 2 is 1.43 bits per heavy atom. The van der Waals surface area contributed by atoms with Gasteiger partial charge in [-0.2, -0.15) is 0 Å². The molecule has 0 aromatic heterocycles. The minimum Gasteiger partial charge on any atom is -0.0654 e. The monoisotopic (exact) mass is 306 g/mol. The standard InChI is InChI=1S/C23H30/c1-5-9-13-21-18(7-3)17(6-2)19(8-4)23-20-14-11-10-12-16(20)15-22(21)23/h10-12,14H,5-9,13,15H2,1-4H3. The number of hydrogen-bond acceptors (Lipinski definition) is 0. The molecule has 0 saturated carbocycles. The Hall–Kier alpha value is -1.56. The fraction of sp³-hybridized carbons (Fsp3) is 0.478. The van der Waals surface area contributed by atoms with E-state index in [1.165, 1.54) is 43.2 Å². The van der Waals surface area contributed by atoms with Crippen LogP contribution in [0.25, 0.3) is 11.1 Å². The molecule has 122 valence electrons. The first-order valence-corrected chi connectivity index (χ1v) is 9.53. The van der Waals surface area contributed by atoms with Crippen molar-refractivity contribution in [2.45, 2.75) is 72.6 Å². The summed E-state index contributed by atoms with van der Waals surface area (Å²) in [6.45, 7) is 9.32. The summed E-state index contributed by atoms with van der Waals surface area (Å²) < 4.78 is 0. The SMILES string of the molecule is CCCCc1c(CC)c(CC)c(CC)c2c1Cc1ccccc1-2. The molecule has 0 atom stereocenters. The van der Waals surface area contributed by atoms with E-state index in [0.29, 0.717) is 0 Å². The average molecular weight is 306 g/mol. The molecule has 3 rings (SSSR count). The number of benzene rings is 2. The molecule has 0 radical (unpaired) electrons. The fourth-order valence-electron chi connectivity index (χ4n) is 4.56.